The van der Waals surface area contributed by atoms with E-state index in [1.54, 1.807) is 36.7 Å². The molecule has 4 N–H and O–H groups in total. The predicted molar refractivity (Wildman–Crippen MR) is 100 cm³/mol. The zero-order valence-corrected chi connectivity index (χ0v) is 14.7. The van der Waals surface area contributed by atoms with E-state index >= 15 is 0 Å². The number of hydrogen-bond donors (Lipinski definition) is 3. The van der Waals surface area contributed by atoms with Crippen LogP contribution in [0.1, 0.15) is 17.0 Å². The molecule has 0 amide bonds. The molecule has 0 unspecified atom stereocenters. The van der Waals surface area contributed by atoms with Gasteiger partial charge in [0.2, 0.25) is 0 Å². The van der Waals surface area contributed by atoms with Crippen molar-refractivity contribution in [2.45, 2.75) is 13.8 Å². The van der Waals surface area contributed by atoms with Crippen molar-refractivity contribution in [3.63, 3.8) is 0 Å². The SMILES string of the molecule is Cc1noc(C)c1-c1c(/C(N)=N/O)c2cnccc2n1-c1ccc(O)cc1. The zero-order chi connectivity index (χ0) is 19.1. The first-order valence-corrected chi connectivity index (χ1v) is 8.22. The van der Waals surface area contributed by atoms with Gasteiger partial charge in [0.05, 0.1) is 28.0 Å². The van der Waals surface area contributed by atoms with Crippen LogP contribution in [0.15, 0.2) is 52.4 Å². The van der Waals surface area contributed by atoms with E-state index < -0.39 is 0 Å². The Kier molecular flexibility index (Phi) is 3.80. The van der Waals surface area contributed by atoms with Crippen molar-refractivity contribution in [2.24, 2.45) is 10.9 Å². The van der Waals surface area contributed by atoms with Crippen molar-refractivity contribution >= 4 is 16.7 Å². The third-order valence-electron chi connectivity index (χ3n) is 4.51. The number of oxime groups is 1. The summed E-state index contributed by atoms with van der Waals surface area (Å²) in [6.45, 7) is 3.64. The number of hydrogen-bond acceptors (Lipinski definition) is 6. The fraction of sp³-hybridized carbons (Fsp3) is 0.105. The lowest BCUT2D eigenvalue weighted by Gasteiger charge is -2.12. The molecular formula is C19H17N5O3. The lowest BCUT2D eigenvalue weighted by Crippen LogP contribution is -2.14. The number of nitrogens with two attached hydrogens (primary N) is 1. The van der Waals surface area contributed by atoms with Gasteiger partial charge in [-0.3, -0.25) is 4.98 Å². The summed E-state index contributed by atoms with van der Waals surface area (Å²) in [4.78, 5) is 4.19. The highest BCUT2D eigenvalue weighted by molar-refractivity contribution is 6.14. The van der Waals surface area contributed by atoms with Crippen molar-refractivity contribution < 1.29 is 14.8 Å². The van der Waals surface area contributed by atoms with Gasteiger partial charge in [-0.2, -0.15) is 0 Å². The molecule has 0 aliphatic rings. The van der Waals surface area contributed by atoms with Crippen molar-refractivity contribution in [2.75, 3.05) is 0 Å². The van der Waals surface area contributed by atoms with Gasteiger partial charge < -0.3 is 25.1 Å². The lowest BCUT2D eigenvalue weighted by atomic mass is 10.0. The fourth-order valence-corrected chi connectivity index (χ4v) is 3.37. The minimum Gasteiger partial charge on any atom is -0.508 e. The van der Waals surface area contributed by atoms with Crippen LogP contribution in [-0.4, -0.2) is 30.9 Å². The topological polar surface area (TPSA) is 123 Å². The lowest BCUT2D eigenvalue weighted by molar-refractivity contribution is 0.318. The molecule has 1 aromatic carbocycles. The molecule has 0 bridgehead atoms. The Labute approximate surface area is 154 Å². The first-order chi connectivity index (χ1) is 13.0. The van der Waals surface area contributed by atoms with E-state index in [9.17, 15) is 10.3 Å². The Morgan fingerprint density at radius 2 is 1.93 bits per heavy atom. The van der Waals surface area contributed by atoms with Crippen molar-refractivity contribution in [1.29, 1.82) is 0 Å². The number of benzene rings is 1. The number of aromatic nitrogens is 3. The average Bonchev–Trinajstić information content (AvgIpc) is 3.18. The van der Waals surface area contributed by atoms with Gasteiger partial charge >= 0.3 is 0 Å². The highest BCUT2D eigenvalue weighted by atomic mass is 16.5. The first kappa shape index (κ1) is 16.6. The van der Waals surface area contributed by atoms with Gasteiger partial charge in [0.15, 0.2) is 5.84 Å². The maximum atomic E-state index is 9.67. The summed E-state index contributed by atoms with van der Waals surface area (Å²) in [7, 11) is 0. The van der Waals surface area contributed by atoms with Gasteiger partial charge in [-0.05, 0) is 44.2 Å². The van der Waals surface area contributed by atoms with Gasteiger partial charge in [0.1, 0.15) is 11.5 Å². The quantitative estimate of drug-likeness (QED) is 0.222. The molecule has 4 rings (SSSR count). The highest BCUT2D eigenvalue weighted by Crippen LogP contribution is 2.39. The van der Waals surface area contributed by atoms with Crippen molar-refractivity contribution in [1.82, 2.24) is 14.7 Å². The largest absolute Gasteiger partial charge is 0.508 e. The van der Waals surface area contributed by atoms with Crippen LogP contribution in [0.5, 0.6) is 5.75 Å². The number of phenols is 1. The molecule has 8 nitrogen and oxygen atoms in total. The molecule has 0 atom stereocenters. The second kappa shape index (κ2) is 6.17. The second-order valence-electron chi connectivity index (χ2n) is 6.15. The van der Waals surface area contributed by atoms with Crippen LogP contribution in [0.3, 0.4) is 0 Å². The number of phenolic OH excluding ortho intramolecular Hbond substituents is 1. The van der Waals surface area contributed by atoms with Crippen LogP contribution >= 0.6 is 0 Å². The summed E-state index contributed by atoms with van der Waals surface area (Å²) in [5, 5.41) is 27.1. The third-order valence-corrected chi connectivity index (χ3v) is 4.51. The molecule has 0 saturated carbocycles. The number of fused-ring (bicyclic) bond motifs is 1. The molecule has 3 aromatic heterocycles. The van der Waals surface area contributed by atoms with Crippen LogP contribution in [0.25, 0.3) is 27.8 Å². The Morgan fingerprint density at radius 1 is 1.19 bits per heavy atom. The first-order valence-electron chi connectivity index (χ1n) is 8.22. The maximum Gasteiger partial charge on any atom is 0.172 e. The maximum absolute atomic E-state index is 9.67. The summed E-state index contributed by atoms with van der Waals surface area (Å²) in [6.07, 6.45) is 3.34. The van der Waals surface area contributed by atoms with Crippen LogP contribution in [0, 0.1) is 13.8 Å². The Morgan fingerprint density at radius 3 is 2.56 bits per heavy atom. The summed E-state index contributed by atoms with van der Waals surface area (Å²) < 4.78 is 7.32. The number of aryl methyl sites for hydroxylation is 2. The average molecular weight is 363 g/mol. The molecule has 0 spiro atoms. The predicted octanol–water partition coefficient (Wildman–Crippen LogP) is 3.10. The molecule has 0 saturated heterocycles. The summed E-state index contributed by atoms with van der Waals surface area (Å²) in [5.41, 5.74) is 10.3. The van der Waals surface area contributed by atoms with Gasteiger partial charge in [0, 0.05) is 23.5 Å². The molecule has 0 aliphatic heterocycles. The van der Waals surface area contributed by atoms with E-state index in [0.717, 1.165) is 22.2 Å². The molecule has 3 heterocycles. The highest BCUT2D eigenvalue weighted by Gasteiger charge is 2.27. The number of pyridine rings is 1. The van der Waals surface area contributed by atoms with Crippen LogP contribution in [0.4, 0.5) is 0 Å². The van der Waals surface area contributed by atoms with Crippen LogP contribution in [-0.2, 0) is 0 Å². The monoisotopic (exact) mass is 363 g/mol. The normalized spacial score (nSPS) is 12.0. The summed E-state index contributed by atoms with van der Waals surface area (Å²) in [6, 6.07) is 8.61. The van der Waals surface area contributed by atoms with Crippen molar-refractivity contribution in [3.8, 4) is 22.7 Å². The molecule has 8 heteroatoms. The van der Waals surface area contributed by atoms with Gasteiger partial charge in [0.25, 0.3) is 0 Å². The summed E-state index contributed by atoms with van der Waals surface area (Å²) in [5.74, 6) is 0.725. The fourth-order valence-electron chi connectivity index (χ4n) is 3.37. The Hall–Kier alpha value is -3.81. The number of nitrogens with zero attached hydrogens (tertiary/aromatic N) is 4. The smallest absolute Gasteiger partial charge is 0.172 e. The molecule has 136 valence electrons. The van der Waals surface area contributed by atoms with E-state index in [-0.39, 0.29) is 11.6 Å². The van der Waals surface area contributed by atoms with E-state index in [1.807, 2.05) is 24.5 Å². The van der Waals surface area contributed by atoms with E-state index in [2.05, 4.69) is 15.3 Å². The standard InChI is InChI=1S/C19H17N5O3/c1-10-16(11(2)27-23-10)18-17(19(20)22-26)14-9-21-8-7-15(14)24(18)12-3-5-13(25)6-4-12/h3-9,25-26H,1-2H3,(H2,20,22). The van der Waals surface area contributed by atoms with Crippen LogP contribution in [0.2, 0.25) is 0 Å². The molecule has 0 fully saturated rings. The van der Waals surface area contributed by atoms with E-state index in [4.69, 9.17) is 10.3 Å². The molecule has 4 aromatic rings. The van der Waals surface area contributed by atoms with Gasteiger partial charge in [-0.1, -0.05) is 10.3 Å². The molecule has 27 heavy (non-hydrogen) atoms. The minimum atomic E-state index is -0.0412. The Bertz CT molecular complexity index is 1150. The van der Waals surface area contributed by atoms with Gasteiger partial charge in [-0.15, -0.1) is 0 Å². The Balaban J connectivity index is 2.22. The molecule has 0 aliphatic carbocycles. The molecular weight excluding hydrogens is 346 g/mol. The van der Waals surface area contributed by atoms with Crippen molar-refractivity contribution in [3.05, 3.63) is 59.7 Å². The zero-order valence-electron chi connectivity index (χ0n) is 14.7. The number of aromatic hydroxyl groups is 1. The third kappa shape index (κ3) is 2.50. The van der Waals surface area contributed by atoms with E-state index in [0.29, 0.717) is 22.7 Å². The number of rotatable bonds is 3. The summed E-state index contributed by atoms with van der Waals surface area (Å²) >= 11 is 0. The number of amidine groups is 1. The minimum absolute atomic E-state index is 0.0412. The molecule has 0 radical (unpaired) electrons. The van der Waals surface area contributed by atoms with Gasteiger partial charge in [-0.25, -0.2) is 0 Å². The van der Waals surface area contributed by atoms with Crippen LogP contribution < -0.4 is 5.73 Å². The van der Waals surface area contributed by atoms with E-state index in [1.165, 1.54) is 0 Å². The second-order valence-corrected chi connectivity index (χ2v) is 6.15.